The van der Waals surface area contributed by atoms with Gasteiger partial charge in [0.05, 0.1) is 19.0 Å². The second-order valence-electron chi connectivity index (χ2n) is 5.96. The fourth-order valence-electron chi connectivity index (χ4n) is 2.90. The van der Waals surface area contributed by atoms with Crippen LogP contribution >= 0.6 is 11.6 Å². The van der Waals surface area contributed by atoms with Crippen molar-refractivity contribution in [2.24, 2.45) is 0 Å². The topological polar surface area (TPSA) is 80.3 Å². The van der Waals surface area contributed by atoms with Crippen molar-refractivity contribution in [1.82, 2.24) is 4.98 Å². The Morgan fingerprint density at radius 1 is 1.20 bits per heavy atom. The molecule has 0 spiro atoms. The maximum atomic E-state index is 12.6. The average Bonchev–Trinajstić information content (AvgIpc) is 3.09. The molecule has 0 saturated heterocycles. The molecule has 0 amide bonds. The number of anilines is 2. The molecule has 1 aromatic heterocycles. The first-order valence-electron chi connectivity index (χ1n) is 8.07. The summed E-state index contributed by atoms with van der Waals surface area (Å²) in [5.74, 6) is 0.454. The minimum atomic E-state index is -3.86. The molecule has 1 saturated carbocycles. The quantitative estimate of drug-likeness (QED) is 0.793. The van der Waals surface area contributed by atoms with E-state index in [1.807, 2.05) is 6.07 Å². The number of methoxy groups -OCH3 is 1. The van der Waals surface area contributed by atoms with Crippen molar-refractivity contribution in [2.45, 2.75) is 36.6 Å². The van der Waals surface area contributed by atoms with Crippen LogP contribution in [0.5, 0.6) is 5.75 Å². The van der Waals surface area contributed by atoms with Gasteiger partial charge in [-0.3, -0.25) is 4.72 Å². The molecule has 25 heavy (non-hydrogen) atoms. The van der Waals surface area contributed by atoms with E-state index in [-0.39, 0.29) is 16.5 Å². The summed E-state index contributed by atoms with van der Waals surface area (Å²) in [6.07, 6.45) is 6.42. The first-order chi connectivity index (χ1) is 12.0. The zero-order chi connectivity index (χ0) is 17.9. The zero-order valence-electron chi connectivity index (χ0n) is 13.8. The van der Waals surface area contributed by atoms with Crippen LogP contribution in [0.15, 0.2) is 41.4 Å². The molecule has 1 aliphatic rings. The van der Waals surface area contributed by atoms with Gasteiger partial charge in [-0.15, -0.1) is 0 Å². The van der Waals surface area contributed by atoms with Crippen LogP contribution in [0.4, 0.5) is 11.5 Å². The first-order valence-corrected chi connectivity index (χ1v) is 9.93. The fourth-order valence-corrected chi connectivity index (χ4v) is 4.34. The Bertz CT molecular complexity index is 835. The predicted molar refractivity (Wildman–Crippen MR) is 98.9 cm³/mol. The largest absolute Gasteiger partial charge is 0.495 e. The van der Waals surface area contributed by atoms with Crippen molar-refractivity contribution in [2.75, 3.05) is 17.1 Å². The number of rotatable bonds is 6. The average molecular weight is 382 g/mol. The highest BCUT2D eigenvalue weighted by atomic mass is 35.5. The van der Waals surface area contributed by atoms with Crippen LogP contribution in [0.3, 0.4) is 0 Å². The smallest absolute Gasteiger partial charge is 0.266 e. The molecule has 1 fully saturated rings. The standard InChI is InChI=1S/C17H20ClN3O3S/c1-24-15-8-6-12(18)10-16(15)25(22,23)21-17-9-7-14(11-19-17)20-13-4-2-3-5-13/h6-11,13,20H,2-5H2,1H3,(H,19,21). The highest BCUT2D eigenvalue weighted by Gasteiger charge is 2.21. The molecule has 1 heterocycles. The molecule has 1 aromatic carbocycles. The van der Waals surface area contributed by atoms with Crippen LogP contribution < -0.4 is 14.8 Å². The molecule has 2 aromatic rings. The van der Waals surface area contributed by atoms with Crippen molar-refractivity contribution in [3.05, 3.63) is 41.6 Å². The summed E-state index contributed by atoms with van der Waals surface area (Å²) in [7, 11) is -2.45. The Morgan fingerprint density at radius 2 is 1.96 bits per heavy atom. The van der Waals surface area contributed by atoms with E-state index in [2.05, 4.69) is 15.0 Å². The Kier molecular flexibility index (Phi) is 5.34. The van der Waals surface area contributed by atoms with Crippen LogP contribution in [0.1, 0.15) is 25.7 Å². The van der Waals surface area contributed by atoms with Gasteiger partial charge in [0.15, 0.2) is 0 Å². The van der Waals surface area contributed by atoms with Gasteiger partial charge in [0, 0.05) is 11.1 Å². The lowest BCUT2D eigenvalue weighted by Gasteiger charge is -2.14. The molecule has 134 valence electrons. The van der Waals surface area contributed by atoms with Crippen molar-refractivity contribution in [1.29, 1.82) is 0 Å². The Hall–Kier alpha value is -1.99. The minimum absolute atomic E-state index is 0.0301. The van der Waals surface area contributed by atoms with Crippen LogP contribution in [0.25, 0.3) is 0 Å². The number of nitrogens with zero attached hydrogens (tertiary/aromatic N) is 1. The summed E-state index contributed by atoms with van der Waals surface area (Å²) >= 11 is 5.91. The molecule has 1 aliphatic carbocycles. The second kappa shape index (κ2) is 7.49. The van der Waals surface area contributed by atoms with E-state index in [1.54, 1.807) is 18.3 Å². The third-order valence-electron chi connectivity index (χ3n) is 4.14. The van der Waals surface area contributed by atoms with E-state index in [1.165, 1.54) is 32.1 Å². The Morgan fingerprint density at radius 3 is 2.60 bits per heavy atom. The normalized spacial score (nSPS) is 15.1. The molecule has 8 heteroatoms. The number of hydrogen-bond acceptors (Lipinski definition) is 5. The highest BCUT2D eigenvalue weighted by molar-refractivity contribution is 7.92. The minimum Gasteiger partial charge on any atom is -0.495 e. The molecule has 0 bridgehead atoms. The number of nitrogens with one attached hydrogen (secondary N) is 2. The molecule has 3 rings (SSSR count). The van der Waals surface area contributed by atoms with Crippen LogP contribution in [-0.2, 0) is 10.0 Å². The van der Waals surface area contributed by atoms with Crippen molar-refractivity contribution < 1.29 is 13.2 Å². The van der Waals surface area contributed by atoms with E-state index >= 15 is 0 Å². The van der Waals surface area contributed by atoms with Gasteiger partial charge in [0.25, 0.3) is 10.0 Å². The lowest BCUT2D eigenvalue weighted by molar-refractivity contribution is 0.403. The third kappa shape index (κ3) is 4.35. The fraction of sp³-hybridized carbons (Fsp3) is 0.353. The number of benzene rings is 1. The SMILES string of the molecule is COc1ccc(Cl)cc1S(=O)(=O)Nc1ccc(NC2CCCC2)cn1. The highest BCUT2D eigenvalue weighted by Crippen LogP contribution is 2.28. The van der Waals surface area contributed by atoms with Crippen LogP contribution in [0.2, 0.25) is 5.02 Å². The molecule has 0 aliphatic heterocycles. The molecule has 6 nitrogen and oxygen atoms in total. The van der Waals surface area contributed by atoms with Crippen LogP contribution in [-0.4, -0.2) is 26.6 Å². The second-order valence-corrected chi connectivity index (χ2v) is 8.05. The summed E-state index contributed by atoms with van der Waals surface area (Å²) in [5, 5.41) is 3.72. The van der Waals surface area contributed by atoms with Gasteiger partial charge >= 0.3 is 0 Å². The van der Waals surface area contributed by atoms with Crippen molar-refractivity contribution in [3.63, 3.8) is 0 Å². The Balaban J connectivity index is 1.75. The van der Waals surface area contributed by atoms with Crippen molar-refractivity contribution >= 4 is 33.1 Å². The molecular formula is C17H20ClN3O3S. The van der Waals surface area contributed by atoms with Gasteiger partial charge in [-0.05, 0) is 43.2 Å². The van der Waals surface area contributed by atoms with Gasteiger partial charge < -0.3 is 10.1 Å². The van der Waals surface area contributed by atoms with Gasteiger partial charge in [0.1, 0.15) is 16.5 Å². The van der Waals surface area contributed by atoms with E-state index in [0.717, 1.165) is 18.5 Å². The maximum Gasteiger partial charge on any atom is 0.266 e. The summed E-state index contributed by atoms with van der Waals surface area (Å²) in [6.45, 7) is 0. The third-order valence-corrected chi connectivity index (χ3v) is 5.75. The van der Waals surface area contributed by atoms with Gasteiger partial charge in [-0.2, -0.15) is 0 Å². The zero-order valence-corrected chi connectivity index (χ0v) is 15.4. The van der Waals surface area contributed by atoms with Gasteiger partial charge in [0.2, 0.25) is 0 Å². The summed E-state index contributed by atoms with van der Waals surface area (Å²) in [4.78, 5) is 4.15. The number of pyridine rings is 1. The summed E-state index contributed by atoms with van der Waals surface area (Å²) < 4.78 is 32.7. The number of hydrogen-bond donors (Lipinski definition) is 2. The number of sulfonamides is 1. The van der Waals surface area contributed by atoms with E-state index in [0.29, 0.717) is 11.1 Å². The van der Waals surface area contributed by atoms with Gasteiger partial charge in [-0.1, -0.05) is 24.4 Å². The van der Waals surface area contributed by atoms with E-state index < -0.39 is 10.0 Å². The molecule has 0 atom stereocenters. The lowest BCUT2D eigenvalue weighted by Crippen LogP contribution is -2.16. The summed E-state index contributed by atoms with van der Waals surface area (Å²) in [6, 6.07) is 8.35. The van der Waals surface area contributed by atoms with E-state index in [9.17, 15) is 8.42 Å². The molecule has 0 unspecified atom stereocenters. The first kappa shape index (κ1) is 17.8. The monoisotopic (exact) mass is 381 g/mol. The maximum absolute atomic E-state index is 12.6. The molecule has 0 radical (unpaired) electrons. The lowest BCUT2D eigenvalue weighted by atomic mass is 10.2. The number of aromatic nitrogens is 1. The van der Waals surface area contributed by atoms with E-state index in [4.69, 9.17) is 16.3 Å². The molecule has 2 N–H and O–H groups in total. The Labute approximate surface area is 152 Å². The predicted octanol–water partition coefficient (Wildman–Crippen LogP) is 3.90. The number of halogens is 1. The van der Waals surface area contributed by atoms with Crippen molar-refractivity contribution in [3.8, 4) is 5.75 Å². The molecular weight excluding hydrogens is 362 g/mol. The number of ether oxygens (including phenoxy) is 1. The van der Waals surface area contributed by atoms with Crippen LogP contribution in [0, 0.1) is 0 Å². The van der Waals surface area contributed by atoms with Gasteiger partial charge in [-0.25, -0.2) is 13.4 Å². The summed E-state index contributed by atoms with van der Waals surface area (Å²) in [5.41, 5.74) is 0.884.